The first-order chi connectivity index (χ1) is 14.8. The summed E-state index contributed by atoms with van der Waals surface area (Å²) in [6, 6.07) is 12.7. The Morgan fingerprint density at radius 2 is 1.84 bits per heavy atom. The van der Waals surface area contributed by atoms with E-state index < -0.39 is 37.7 Å². The summed E-state index contributed by atoms with van der Waals surface area (Å²) in [6.07, 6.45) is 3.83. The molecular weight excluding hydrogens is 424 g/mol. The van der Waals surface area contributed by atoms with Crippen LogP contribution >= 0.6 is 0 Å². The standard InChI is InChI=1S/C22H17F2N3O3S/c1-14-4-7-17(8-5-14)26-13-20-21(28)27(19-9-6-16(23)11-18(19)24)22(31(20,29)30)15-3-2-10-25-12-15/h2-13,22,26H,1H3/b20-13+/t22-/m1/s1. The summed E-state index contributed by atoms with van der Waals surface area (Å²) in [6.45, 7) is 1.90. The molecule has 1 fully saturated rings. The molecule has 6 nitrogen and oxygen atoms in total. The number of aromatic nitrogens is 1. The Balaban J connectivity index is 1.84. The molecule has 1 atom stereocenters. The molecule has 1 saturated heterocycles. The molecule has 1 amide bonds. The minimum atomic E-state index is -4.26. The van der Waals surface area contributed by atoms with Crippen LogP contribution in [-0.2, 0) is 14.6 Å². The number of pyridine rings is 1. The van der Waals surface area contributed by atoms with Crippen LogP contribution in [-0.4, -0.2) is 19.3 Å². The highest BCUT2D eigenvalue weighted by Gasteiger charge is 2.51. The molecule has 4 rings (SSSR count). The van der Waals surface area contributed by atoms with Crippen LogP contribution in [0.3, 0.4) is 0 Å². The lowest BCUT2D eigenvalue weighted by molar-refractivity contribution is -0.114. The Bertz CT molecular complexity index is 1280. The van der Waals surface area contributed by atoms with Gasteiger partial charge in [-0.25, -0.2) is 17.2 Å². The van der Waals surface area contributed by atoms with E-state index in [9.17, 15) is 22.0 Å². The summed E-state index contributed by atoms with van der Waals surface area (Å²) in [5.41, 5.74) is 1.42. The molecule has 3 aromatic rings. The number of carbonyl (C=O) groups is 1. The van der Waals surface area contributed by atoms with E-state index in [1.807, 2.05) is 19.1 Å². The van der Waals surface area contributed by atoms with Gasteiger partial charge in [0.05, 0.1) is 5.69 Å². The molecule has 0 radical (unpaired) electrons. The third-order valence-corrected chi connectivity index (χ3v) is 6.80. The monoisotopic (exact) mass is 441 g/mol. The van der Waals surface area contributed by atoms with Gasteiger partial charge in [0.15, 0.2) is 10.3 Å². The predicted molar refractivity (Wildman–Crippen MR) is 113 cm³/mol. The van der Waals surface area contributed by atoms with Crippen LogP contribution < -0.4 is 10.2 Å². The molecule has 1 N–H and O–H groups in total. The third-order valence-electron chi connectivity index (χ3n) is 4.82. The second kappa shape index (κ2) is 7.92. The van der Waals surface area contributed by atoms with Crippen molar-refractivity contribution >= 4 is 27.1 Å². The molecule has 9 heteroatoms. The van der Waals surface area contributed by atoms with Crippen LogP contribution in [0.5, 0.6) is 0 Å². The van der Waals surface area contributed by atoms with E-state index in [1.54, 1.807) is 12.1 Å². The second-order valence-electron chi connectivity index (χ2n) is 6.97. The minimum Gasteiger partial charge on any atom is -0.360 e. The Kier molecular flexibility index (Phi) is 5.28. The smallest absolute Gasteiger partial charge is 0.272 e. The van der Waals surface area contributed by atoms with Gasteiger partial charge in [-0.2, -0.15) is 0 Å². The van der Waals surface area contributed by atoms with Gasteiger partial charge in [-0.3, -0.25) is 14.7 Å². The van der Waals surface area contributed by atoms with Crippen molar-refractivity contribution in [2.75, 3.05) is 10.2 Å². The number of benzene rings is 2. The third kappa shape index (κ3) is 3.79. The van der Waals surface area contributed by atoms with Crippen molar-refractivity contribution < 1.29 is 22.0 Å². The zero-order valence-electron chi connectivity index (χ0n) is 16.3. The van der Waals surface area contributed by atoms with Crippen molar-refractivity contribution in [2.45, 2.75) is 12.3 Å². The fourth-order valence-corrected chi connectivity index (χ4v) is 5.10. The van der Waals surface area contributed by atoms with Crippen molar-refractivity contribution in [1.29, 1.82) is 0 Å². The number of amides is 1. The molecule has 158 valence electrons. The van der Waals surface area contributed by atoms with Gasteiger partial charge in [-0.1, -0.05) is 23.8 Å². The Morgan fingerprint density at radius 1 is 1.10 bits per heavy atom. The SMILES string of the molecule is Cc1ccc(N/C=C2\C(=O)N(c3ccc(F)cc3F)[C@@H](c3cccnc3)S2(=O)=O)cc1. The number of carbonyl (C=O) groups excluding carboxylic acids is 1. The van der Waals surface area contributed by atoms with E-state index in [1.165, 1.54) is 24.5 Å². The lowest BCUT2D eigenvalue weighted by atomic mass is 10.2. The molecule has 1 aliphatic rings. The van der Waals surface area contributed by atoms with Crippen molar-refractivity contribution in [3.8, 4) is 0 Å². The van der Waals surface area contributed by atoms with Crippen molar-refractivity contribution in [2.24, 2.45) is 0 Å². The lowest BCUT2D eigenvalue weighted by Gasteiger charge is -2.23. The van der Waals surface area contributed by atoms with Crippen LogP contribution in [0, 0.1) is 18.6 Å². The van der Waals surface area contributed by atoms with Crippen molar-refractivity contribution in [3.05, 3.63) is 101 Å². The summed E-state index contributed by atoms with van der Waals surface area (Å²) in [7, 11) is -4.26. The molecule has 1 aliphatic heterocycles. The van der Waals surface area contributed by atoms with E-state index >= 15 is 0 Å². The summed E-state index contributed by atoms with van der Waals surface area (Å²) < 4.78 is 54.7. The highest BCUT2D eigenvalue weighted by atomic mass is 32.2. The average molecular weight is 441 g/mol. The predicted octanol–water partition coefficient (Wildman–Crippen LogP) is 4.08. The number of sulfone groups is 1. The lowest BCUT2D eigenvalue weighted by Crippen LogP contribution is -2.30. The number of anilines is 2. The normalized spacial score (nSPS) is 19.1. The van der Waals surface area contributed by atoms with E-state index in [-0.39, 0.29) is 11.3 Å². The second-order valence-corrected chi connectivity index (χ2v) is 8.95. The van der Waals surface area contributed by atoms with E-state index in [4.69, 9.17) is 0 Å². The average Bonchev–Trinajstić information content (AvgIpc) is 2.93. The first-order valence-electron chi connectivity index (χ1n) is 9.25. The summed E-state index contributed by atoms with van der Waals surface area (Å²) >= 11 is 0. The van der Waals surface area contributed by atoms with Crippen LogP contribution in [0.25, 0.3) is 0 Å². The van der Waals surface area contributed by atoms with E-state index in [0.29, 0.717) is 11.8 Å². The first-order valence-corrected chi connectivity index (χ1v) is 10.8. The summed E-state index contributed by atoms with van der Waals surface area (Å²) in [4.78, 5) is 17.4. The highest BCUT2D eigenvalue weighted by molar-refractivity contribution is 7.97. The molecule has 0 saturated carbocycles. The largest absolute Gasteiger partial charge is 0.360 e. The highest BCUT2D eigenvalue weighted by Crippen LogP contribution is 2.43. The van der Waals surface area contributed by atoms with Crippen LogP contribution in [0.1, 0.15) is 16.5 Å². The Morgan fingerprint density at radius 3 is 2.48 bits per heavy atom. The molecule has 31 heavy (non-hydrogen) atoms. The van der Waals surface area contributed by atoms with Crippen LogP contribution in [0.4, 0.5) is 20.2 Å². The number of nitrogens with zero attached hydrogens (tertiary/aromatic N) is 2. The molecule has 2 heterocycles. The van der Waals surface area contributed by atoms with Gasteiger partial charge in [-0.15, -0.1) is 0 Å². The maximum atomic E-state index is 14.6. The zero-order valence-corrected chi connectivity index (χ0v) is 17.1. The number of rotatable bonds is 4. The van der Waals surface area contributed by atoms with Gasteiger partial charge < -0.3 is 5.32 Å². The molecule has 2 aromatic carbocycles. The van der Waals surface area contributed by atoms with Crippen molar-refractivity contribution in [3.63, 3.8) is 0 Å². The molecule has 0 bridgehead atoms. The van der Waals surface area contributed by atoms with Gasteiger partial charge in [-0.05, 0) is 37.3 Å². The number of hydrogen-bond donors (Lipinski definition) is 1. The molecule has 1 aromatic heterocycles. The molecule has 0 aliphatic carbocycles. The Labute approximate surface area is 177 Å². The van der Waals surface area contributed by atoms with Gasteiger partial charge in [0.1, 0.15) is 11.6 Å². The minimum absolute atomic E-state index is 0.179. The number of halogens is 2. The summed E-state index contributed by atoms with van der Waals surface area (Å²) in [5.74, 6) is -2.82. The Hall–Kier alpha value is -3.59. The number of nitrogens with one attached hydrogen (secondary N) is 1. The van der Waals surface area contributed by atoms with Crippen LogP contribution in [0.15, 0.2) is 78.1 Å². The maximum Gasteiger partial charge on any atom is 0.272 e. The quantitative estimate of drug-likeness (QED) is 0.617. The summed E-state index contributed by atoms with van der Waals surface area (Å²) in [5, 5.41) is 1.27. The first kappa shape index (κ1) is 20.7. The molecule has 0 unspecified atom stereocenters. The fourth-order valence-electron chi connectivity index (χ4n) is 3.31. The number of aryl methyl sites for hydroxylation is 1. The fraction of sp³-hybridized carbons (Fsp3) is 0.0909. The van der Waals surface area contributed by atoms with E-state index in [2.05, 4.69) is 10.3 Å². The van der Waals surface area contributed by atoms with E-state index in [0.717, 1.165) is 28.8 Å². The maximum absolute atomic E-state index is 14.6. The topological polar surface area (TPSA) is 79.4 Å². The molecular formula is C22H17F2N3O3S. The number of hydrogen-bond acceptors (Lipinski definition) is 5. The van der Waals surface area contributed by atoms with Crippen LogP contribution in [0.2, 0.25) is 0 Å². The zero-order chi connectivity index (χ0) is 22.2. The van der Waals surface area contributed by atoms with Gasteiger partial charge in [0, 0.05) is 35.9 Å². The van der Waals surface area contributed by atoms with Gasteiger partial charge in [0.25, 0.3) is 5.91 Å². The van der Waals surface area contributed by atoms with Gasteiger partial charge in [0.2, 0.25) is 9.84 Å². The molecule has 0 spiro atoms. The van der Waals surface area contributed by atoms with Crippen molar-refractivity contribution in [1.82, 2.24) is 4.98 Å². The van der Waals surface area contributed by atoms with Gasteiger partial charge >= 0.3 is 0 Å².